The lowest BCUT2D eigenvalue weighted by Gasteiger charge is -2.35. The normalized spacial score (nSPS) is 17.7. The molecule has 0 bridgehead atoms. The summed E-state index contributed by atoms with van der Waals surface area (Å²) in [5, 5.41) is 11.9. The molecular formula is C14H17Br2NO3. The van der Waals surface area contributed by atoms with E-state index in [0.29, 0.717) is 16.8 Å². The minimum Gasteiger partial charge on any atom is -0.485 e. The van der Waals surface area contributed by atoms with E-state index >= 15 is 0 Å². The van der Waals surface area contributed by atoms with Gasteiger partial charge < -0.3 is 4.74 Å². The fourth-order valence-electron chi connectivity index (χ4n) is 2.63. The van der Waals surface area contributed by atoms with Crippen LogP contribution in [0.15, 0.2) is 22.7 Å². The molecule has 4 nitrogen and oxygen atoms in total. The molecule has 0 amide bonds. The molecule has 20 heavy (non-hydrogen) atoms. The average Bonchev–Trinajstić information content (AvgIpc) is 2.46. The van der Waals surface area contributed by atoms with Gasteiger partial charge in [-0.25, -0.2) is 0 Å². The summed E-state index contributed by atoms with van der Waals surface area (Å²) in [4.78, 5) is 10.7. The van der Waals surface area contributed by atoms with Crippen molar-refractivity contribution >= 4 is 37.5 Å². The highest BCUT2D eigenvalue weighted by atomic mass is 79.9. The van der Waals surface area contributed by atoms with Crippen LogP contribution in [0.4, 0.5) is 5.69 Å². The Hall–Kier alpha value is -0.620. The van der Waals surface area contributed by atoms with E-state index in [0.717, 1.165) is 18.2 Å². The van der Waals surface area contributed by atoms with Crippen LogP contribution < -0.4 is 4.74 Å². The van der Waals surface area contributed by atoms with Crippen molar-refractivity contribution in [2.75, 3.05) is 11.9 Å². The van der Waals surface area contributed by atoms with E-state index in [9.17, 15) is 10.1 Å². The van der Waals surface area contributed by atoms with Crippen molar-refractivity contribution in [2.24, 2.45) is 5.41 Å². The number of nitrogens with zero attached hydrogens (tertiary/aromatic N) is 1. The van der Waals surface area contributed by atoms with Gasteiger partial charge in [0.2, 0.25) is 5.75 Å². The van der Waals surface area contributed by atoms with Crippen LogP contribution in [0, 0.1) is 15.5 Å². The number of nitro groups is 1. The summed E-state index contributed by atoms with van der Waals surface area (Å²) in [5.41, 5.74) is 0.112. The Balaban J connectivity index is 2.15. The summed E-state index contributed by atoms with van der Waals surface area (Å²) in [5.74, 6) is 0.336. The quantitative estimate of drug-likeness (QED) is 0.389. The molecule has 1 aliphatic rings. The Morgan fingerprint density at radius 2 is 2.00 bits per heavy atom. The highest BCUT2D eigenvalue weighted by molar-refractivity contribution is 9.10. The van der Waals surface area contributed by atoms with Crippen molar-refractivity contribution < 1.29 is 9.66 Å². The number of rotatable bonds is 5. The molecule has 0 unspecified atom stereocenters. The largest absolute Gasteiger partial charge is 0.485 e. The zero-order valence-electron chi connectivity index (χ0n) is 11.1. The van der Waals surface area contributed by atoms with E-state index in [1.165, 1.54) is 25.3 Å². The monoisotopic (exact) mass is 405 g/mol. The van der Waals surface area contributed by atoms with Crippen molar-refractivity contribution in [3.05, 3.63) is 32.8 Å². The molecule has 0 aliphatic heterocycles. The summed E-state index contributed by atoms with van der Waals surface area (Å²) >= 11 is 6.92. The van der Waals surface area contributed by atoms with Crippen LogP contribution in [0.3, 0.4) is 0 Å². The summed E-state index contributed by atoms with van der Waals surface area (Å²) in [6.07, 6.45) is 5.89. The fraction of sp³-hybridized carbons (Fsp3) is 0.571. The third-order valence-electron chi connectivity index (χ3n) is 3.86. The molecule has 0 spiro atoms. The van der Waals surface area contributed by atoms with Crippen LogP contribution >= 0.6 is 31.9 Å². The number of hydrogen-bond donors (Lipinski definition) is 0. The third-order valence-corrected chi connectivity index (χ3v) is 5.68. The summed E-state index contributed by atoms with van der Waals surface area (Å²) < 4.78 is 6.48. The molecule has 1 fully saturated rings. The van der Waals surface area contributed by atoms with Crippen molar-refractivity contribution in [3.8, 4) is 5.75 Å². The van der Waals surface area contributed by atoms with Gasteiger partial charge in [-0.1, -0.05) is 41.3 Å². The van der Waals surface area contributed by atoms with Crippen LogP contribution in [0.2, 0.25) is 0 Å². The summed E-state index contributed by atoms with van der Waals surface area (Å²) in [7, 11) is 0. The van der Waals surface area contributed by atoms with E-state index in [1.807, 2.05) is 0 Å². The number of para-hydroxylation sites is 1. The zero-order valence-corrected chi connectivity index (χ0v) is 14.3. The van der Waals surface area contributed by atoms with E-state index in [1.54, 1.807) is 12.1 Å². The van der Waals surface area contributed by atoms with Gasteiger partial charge in [0.1, 0.15) is 0 Å². The highest BCUT2D eigenvalue weighted by Crippen LogP contribution is 2.41. The Bertz CT molecular complexity index is 487. The molecular weight excluding hydrogens is 390 g/mol. The predicted molar refractivity (Wildman–Crippen MR) is 85.6 cm³/mol. The van der Waals surface area contributed by atoms with Crippen LogP contribution in [-0.2, 0) is 0 Å². The smallest absolute Gasteiger partial charge is 0.312 e. The Morgan fingerprint density at radius 3 is 2.60 bits per heavy atom. The molecule has 6 heteroatoms. The van der Waals surface area contributed by atoms with E-state index in [4.69, 9.17) is 4.74 Å². The van der Waals surface area contributed by atoms with Gasteiger partial charge in [-0.05, 0) is 34.8 Å². The van der Waals surface area contributed by atoms with E-state index in [-0.39, 0.29) is 11.1 Å². The molecule has 0 radical (unpaired) electrons. The van der Waals surface area contributed by atoms with Crippen molar-refractivity contribution in [3.63, 3.8) is 0 Å². The SMILES string of the molecule is O=[N+]([O-])c1cccc(Br)c1OCC1(CBr)CCCCC1. The van der Waals surface area contributed by atoms with Gasteiger partial charge in [-0.2, -0.15) is 0 Å². The number of halogens is 2. The molecule has 0 heterocycles. The fourth-order valence-corrected chi connectivity index (χ4v) is 3.82. The second-order valence-corrected chi connectivity index (χ2v) is 6.74. The lowest BCUT2D eigenvalue weighted by atomic mass is 9.76. The first kappa shape index (κ1) is 15.8. The molecule has 0 aromatic heterocycles. The van der Waals surface area contributed by atoms with Crippen LogP contribution in [0.1, 0.15) is 32.1 Å². The second kappa shape index (κ2) is 6.89. The third kappa shape index (κ3) is 3.52. The van der Waals surface area contributed by atoms with Gasteiger partial charge in [0.15, 0.2) is 0 Å². The number of nitro benzene ring substituents is 1. The Kier molecular flexibility index (Phi) is 5.43. The number of ether oxygens (including phenoxy) is 1. The highest BCUT2D eigenvalue weighted by Gasteiger charge is 2.33. The topological polar surface area (TPSA) is 52.4 Å². The molecule has 1 aromatic carbocycles. The van der Waals surface area contributed by atoms with Gasteiger partial charge in [-0.3, -0.25) is 10.1 Å². The summed E-state index contributed by atoms with van der Waals surface area (Å²) in [6.45, 7) is 0.516. The van der Waals surface area contributed by atoms with Crippen LogP contribution in [0.25, 0.3) is 0 Å². The first-order valence-corrected chi connectivity index (χ1v) is 8.61. The molecule has 2 rings (SSSR count). The van der Waals surface area contributed by atoms with E-state index in [2.05, 4.69) is 31.9 Å². The first-order valence-electron chi connectivity index (χ1n) is 6.70. The molecule has 0 atom stereocenters. The average molecular weight is 407 g/mol. The van der Waals surface area contributed by atoms with Gasteiger partial charge in [-0.15, -0.1) is 0 Å². The maximum absolute atomic E-state index is 11.1. The van der Waals surface area contributed by atoms with Gasteiger partial charge >= 0.3 is 5.69 Å². The van der Waals surface area contributed by atoms with Gasteiger partial charge in [0.05, 0.1) is 16.0 Å². The standard InChI is InChI=1S/C14H17Br2NO3/c15-9-14(7-2-1-3-8-14)10-20-13-11(16)5-4-6-12(13)17(18)19/h4-6H,1-3,7-10H2. The maximum Gasteiger partial charge on any atom is 0.312 e. The molecule has 110 valence electrons. The lowest BCUT2D eigenvalue weighted by molar-refractivity contribution is -0.386. The van der Waals surface area contributed by atoms with Crippen molar-refractivity contribution in [1.29, 1.82) is 0 Å². The minimum atomic E-state index is -0.401. The number of benzene rings is 1. The molecule has 0 saturated heterocycles. The minimum absolute atomic E-state index is 0.0138. The molecule has 1 aromatic rings. The predicted octanol–water partition coefficient (Wildman–Crippen LogP) is 5.08. The first-order chi connectivity index (χ1) is 9.58. The van der Waals surface area contributed by atoms with Crippen molar-refractivity contribution in [2.45, 2.75) is 32.1 Å². The molecule has 1 aliphatic carbocycles. The lowest BCUT2D eigenvalue weighted by Crippen LogP contribution is -2.32. The molecule has 1 saturated carbocycles. The second-order valence-electron chi connectivity index (χ2n) is 5.33. The van der Waals surface area contributed by atoms with Gasteiger partial charge in [0, 0.05) is 16.8 Å². The zero-order chi connectivity index (χ0) is 14.6. The Morgan fingerprint density at radius 1 is 1.30 bits per heavy atom. The van der Waals surface area contributed by atoms with E-state index < -0.39 is 4.92 Å². The van der Waals surface area contributed by atoms with Crippen molar-refractivity contribution in [1.82, 2.24) is 0 Å². The number of alkyl halides is 1. The van der Waals surface area contributed by atoms with Crippen LogP contribution in [-0.4, -0.2) is 16.9 Å². The number of hydrogen-bond acceptors (Lipinski definition) is 3. The molecule has 0 N–H and O–H groups in total. The van der Waals surface area contributed by atoms with Crippen LogP contribution in [0.5, 0.6) is 5.75 Å². The Labute approximate surface area is 135 Å². The summed E-state index contributed by atoms with van der Waals surface area (Å²) in [6, 6.07) is 4.89. The van der Waals surface area contributed by atoms with Gasteiger partial charge in [0.25, 0.3) is 0 Å². The maximum atomic E-state index is 11.1.